The number of methoxy groups -OCH3 is 1. The number of allylic oxidation sites excluding steroid dienone is 1. The van der Waals surface area contributed by atoms with Gasteiger partial charge in [0.1, 0.15) is 18.1 Å². The molecule has 1 aliphatic carbocycles. The fourth-order valence-electron chi connectivity index (χ4n) is 6.98. The summed E-state index contributed by atoms with van der Waals surface area (Å²) in [6.45, 7) is 17.7. The van der Waals surface area contributed by atoms with E-state index in [1.54, 1.807) is 14.0 Å². The highest BCUT2D eigenvalue weighted by molar-refractivity contribution is 5.91. The lowest BCUT2D eigenvalue weighted by molar-refractivity contribution is -0.139. The summed E-state index contributed by atoms with van der Waals surface area (Å²) in [6.07, 6.45) is 1.76. The molecule has 0 aromatic heterocycles. The molecule has 0 fully saturated rings. The van der Waals surface area contributed by atoms with Crippen LogP contribution in [0.1, 0.15) is 120 Å². The summed E-state index contributed by atoms with van der Waals surface area (Å²) < 4.78 is 23.5. The predicted molar refractivity (Wildman–Crippen MR) is 216 cm³/mol. The molecule has 1 atom stereocenters. The monoisotopic (exact) mass is 731 g/mol. The summed E-state index contributed by atoms with van der Waals surface area (Å²) in [6, 6.07) is 29.9. The molecule has 4 aromatic rings. The van der Waals surface area contributed by atoms with Gasteiger partial charge in [-0.3, -0.25) is 0 Å². The molecule has 0 amide bonds. The number of benzene rings is 4. The molecule has 1 unspecified atom stereocenters. The third kappa shape index (κ3) is 9.61. The van der Waals surface area contributed by atoms with Crippen LogP contribution < -0.4 is 10.1 Å². The van der Waals surface area contributed by atoms with E-state index < -0.39 is 18.2 Å². The molecule has 5 rings (SSSR count). The predicted octanol–water partition coefficient (Wildman–Crippen LogP) is 11.1. The number of carbonyl (C=O) groups excluding carboxylic acids is 2. The van der Waals surface area contributed by atoms with Crippen molar-refractivity contribution in [2.75, 3.05) is 20.3 Å². The zero-order valence-corrected chi connectivity index (χ0v) is 33.5. The fourth-order valence-corrected chi connectivity index (χ4v) is 6.98. The second-order valence-corrected chi connectivity index (χ2v) is 16.2. The Hall–Kier alpha value is -4.88. The number of ether oxygens (including phenoxy) is 4. The maximum atomic E-state index is 14.0. The highest BCUT2D eigenvalue weighted by Crippen LogP contribution is 2.47. The Bertz CT molecular complexity index is 1890. The van der Waals surface area contributed by atoms with Crippen molar-refractivity contribution in [3.63, 3.8) is 0 Å². The average molecular weight is 732 g/mol. The first kappa shape index (κ1) is 40.3. The zero-order valence-electron chi connectivity index (χ0n) is 33.5. The van der Waals surface area contributed by atoms with Crippen LogP contribution in [0.5, 0.6) is 5.75 Å². The van der Waals surface area contributed by atoms with Crippen LogP contribution in [0.4, 0.5) is 4.79 Å². The normalized spacial score (nSPS) is 13.7. The van der Waals surface area contributed by atoms with Crippen LogP contribution in [0.2, 0.25) is 0 Å². The van der Waals surface area contributed by atoms with Crippen molar-refractivity contribution in [1.29, 1.82) is 0 Å². The molecular weight excluding hydrogens is 675 g/mol. The summed E-state index contributed by atoms with van der Waals surface area (Å²) in [5.74, 6) is -0.0870. The third-order valence-corrected chi connectivity index (χ3v) is 10.2. The lowest BCUT2D eigenvalue weighted by Gasteiger charge is -2.25. The van der Waals surface area contributed by atoms with Crippen molar-refractivity contribution in [3.8, 4) is 16.9 Å². The SMILES string of the molecule is CCCCCOC(=O)C(=C(C)OC(=O)OCC1c2cc(C(C)(C)C)ccc2-c2ccc(C(C)(C)C)cc21)C(NCc1ccccc1)c1ccccc1OC. The van der Waals surface area contributed by atoms with E-state index in [0.717, 1.165) is 47.1 Å². The van der Waals surface area contributed by atoms with E-state index in [1.165, 1.54) is 11.1 Å². The lowest BCUT2D eigenvalue weighted by atomic mass is 9.83. The van der Waals surface area contributed by atoms with E-state index in [-0.39, 0.29) is 41.3 Å². The molecule has 0 aliphatic heterocycles. The first-order valence-corrected chi connectivity index (χ1v) is 19.1. The topological polar surface area (TPSA) is 83.1 Å². The molecule has 1 N–H and O–H groups in total. The molecule has 0 saturated carbocycles. The van der Waals surface area contributed by atoms with Gasteiger partial charge in [0.25, 0.3) is 0 Å². The molecule has 0 bridgehead atoms. The highest BCUT2D eigenvalue weighted by Gasteiger charge is 2.34. The van der Waals surface area contributed by atoms with Crippen LogP contribution in [0.3, 0.4) is 0 Å². The number of nitrogens with one attached hydrogen (secondary N) is 1. The molecule has 7 heteroatoms. The van der Waals surface area contributed by atoms with Gasteiger partial charge < -0.3 is 24.3 Å². The number of carbonyl (C=O) groups is 2. The van der Waals surface area contributed by atoms with Crippen molar-refractivity contribution >= 4 is 12.1 Å². The van der Waals surface area contributed by atoms with Gasteiger partial charge in [-0.2, -0.15) is 0 Å². The van der Waals surface area contributed by atoms with Crippen LogP contribution in [-0.4, -0.2) is 32.4 Å². The van der Waals surface area contributed by atoms with Gasteiger partial charge in [0.15, 0.2) is 0 Å². The standard InChI is InChI=1S/C47H57NO6/c1-10-11-17-26-52-44(49)42(43(37-20-15-16-21-41(37)51-9)48-29-32-18-13-12-14-19-32)31(2)54-45(50)53-30-40-38-27-33(46(3,4)5)22-24-35(38)36-25-23-34(28-39(36)40)47(6,7)8/h12-16,18-25,27-28,40,43,48H,10-11,17,26,29-30H2,1-9H3. The number of rotatable bonds is 14. The molecule has 7 nitrogen and oxygen atoms in total. The maximum absolute atomic E-state index is 14.0. The van der Waals surface area contributed by atoms with Crippen molar-refractivity contribution in [2.45, 2.75) is 104 Å². The van der Waals surface area contributed by atoms with Crippen LogP contribution >= 0.6 is 0 Å². The van der Waals surface area contributed by atoms with Crippen molar-refractivity contribution in [1.82, 2.24) is 5.32 Å². The highest BCUT2D eigenvalue weighted by atomic mass is 16.7. The van der Waals surface area contributed by atoms with E-state index >= 15 is 0 Å². The Kier molecular flexibility index (Phi) is 13.1. The van der Waals surface area contributed by atoms with Gasteiger partial charge >= 0.3 is 12.1 Å². The van der Waals surface area contributed by atoms with Crippen molar-refractivity contribution in [2.24, 2.45) is 0 Å². The molecule has 0 saturated heterocycles. The number of unbranched alkanes of at least 4 members (excludes halogenated alkanes) is 2. The van der Waals surface area contributed by atoms with Crippen LogP contribution in [0, 0.1) is 0 Å². The maximum Gasteiger partial charge on any atom is 0.513 e. The molecule has 1 aliphatic rings. The number of hydrogen-bond acceptors (Lipinski definition) is 7. The Morgan fingerprint density at radius 3 is 1.93 bits per heavy atom. The third-order valence-electron chi connectivity index (χ3n) is 10.2. The smallest absolute Gasteiger partial charge is 0.496 e. The molecule has 0 heterocycles. The Morgan fingerprint density at radius 2 is 1.35 bits per heavy atom. The van der Waals surface area contributed by atoms with E-state index in [2.05, 4.69) is 90.2 Å². The first-order chi connectivity index (χ1) is 25.7. The minimum atomic E-state index is -0.889. The van der Waals surface area contributed by atoms with E-state index in [1.807, 2.05) is 54.6 Å². The minimum Gasteiger partial charge on any atom is -0.496 e. The number of esters is 1. The van der Waals surface area contributed by atoms with Gasteiger partial charge in [0.05, 0.1) is 25.3 Å². The largest absolute Gasteiger partial charge is 0.513 e. The van der Waals surface area contributed by atoms with Crippen molar-refractivity contribution < 1.29 is 28.5 Å². The van der Waals surface area contributed by atoms with Gasteiger partial charge in [-0.25, -0.2) is 9.59 Å². The lowest BCUT2D eigenvalue weighted by Crippen LogP contribution is -2.29. The average Bonchev–Trinajstić information content (AvgIpc) is 3.46. The van der Waals surface area contributed by atoms with E-state index in [0.29, 0.717) is 17.9 Å². The second-order valence-electron chi connectivity index (χ2n) is 16.2. The first-order valence-electron chi connectivity index (χ1n) is 19.1. The molecule has 0 radical (unpaired) electrons. The van der Waals surface area contributed by atoms with E-state index in [9.17, 15) is 9.59 Å². The Morgan fingerprint density at radius 1 is 0.759 bits per heavy atom. The van der Waals surface area contributed by atoms with Gasteiger partial charge in [-0.15, -0.1) is 0 Å². The Labute approximate surface area is 322 Å². The van der Waals surface area contributed by atoms with Gasteiger partial charge in [-0.05, 0) is 69.2 Å². The summed E-state index contributed by atoms with van der Waals surface area (Å²) in [5, 5.41) is 3.53. The fraction of sp³-hybridized carbons (Fsp3) is 0.404. The number of para-hydroxylation sites is 1. The van der Waals surface area contributed by atoms with Crippen LogP contribution in [0.15, 0.2) is 102 Å². The van der Waals surface area contributed by atoms with Crippen LogP contribution in [0.25, 0.3) is 11.1 Å². The summed E-state index contributed by atoms with van der Waals surface area (Å²) in [7, 11) is 1.59. The molecule has 54 heavy (non-hydrogen) atoms. The summed E-state index contributed by atoms with van der Waals surface area (Å²) in [5.41, 5.74) is 8.76. The summed E-state index contributed by atoms with van der Waals surface area (Å²) in [4.78, 5) is 27.7. The Balaban J connectivity index is 1.48. The number of hydrogen-bond donors (Lipinski definition) is 1. The molecule has 4 aromatic carbocycles. The van der Waals surface area contributed by atoms with Gasteiger partial charge in [0, 0.05) is 18.0 Å². The van der Waals surface area contributed by atoms with Crippen molar-refractivity contribution in [3.05, 3.63) is 136 Å². The van der Waals surface area contributed by atoms with Gasteiger partial charge in [0.2, 0.25) is 0 Å². The molecule has 286 valence electrons. The zero-order chi connectivity index (χ0) is 39.0. The second kappa shape index (κ2) is 17.5. The van der Waals surface area contributed by atoms with E-state index in [4.69, 9.17) is 18.9 Å². The minimum absolute atomic E-state index is 0.0549. The summed E-state index contributed by atoms with van der Waals surface area (Å²) >= 11 is 0. The quantitative estimate of drug-likeness (QED) is 0.0598. The number of fused-ring (bicyclic) bond motifs is 3. The molecule has 0 spiro atoms. The van der Waals surface area contributed by atoms with Gasteiger partial charge in [-0.1, -0.05) is 146 Å². The molecular formula is C47H57NO6. The van der Waals surface area contributed by atoms with Crippen LogP contribution in [-0.2, 0) is 36.4 Å².